The van der Waals surface area contributed by atoms with Crippen LogP contribution in [0.25, 0.3) is 5.57 Å². The predicted molar refractivity (Wildman–Crippen MR) is 111 cm³/mol. The standard InChI is InChI=1S/C23H30OSi/c1-7-11-22(20-12-9-8-10-13-20)21-16-14-19(15-17-21)18-24-25(5,6)23(2,3)4/h7-10,12-17H,18H2,1-6H3. The van der Waals surface area contributed by atoms with Gasteiger partial charge in [0.25, 0.3) is 0 Å². The second kappa shape index (κ2) is 8.01. The molecule has 0 radical (unpaired) electrons. The smallest absolute Gasteiger partial charge is 0.192 e. The Morgan fingerprint density at radius 2 is 1.52 bits per heavy atom. The van der Waals surface area contributed by atoms with Gasteiger partial charge in [-0.1, -0.05) is 75.4 Å². The molecule has 0 spiro atoms. The number of hydrogen-bond donors (Lipinski definition) is 0. The Morgan fingerprint density at radius 1 is 0.960 bits per heavy atom. The maximum atomic E-state index is 6.32. The lowest BCUT2D eigenvalue weighted by Crippen LogP contribution is -2.40. The number of rotatable bonds is 5. The van der Waals surface area contributed by atoms with Gasteiger partial charge in [-0.05, 0) is 47.8 Å². The lowest BCUT2D eigenvalue weighted by molar-refractivity contribution is 0.276. The Kier molecular flexibility index (Phi) is 6.24. The fraction of sp³-hybridized carbons (Fsp3) is 0.348. The molecule has 0 saturated carbocycles. The van der Waals surface area contributed by atoms with Gasteiger partial charge < -0.3 is 4.43 Å². The molecule has 0 N–H and O–H groups in total. The van der Waals surface area contributed by atoms with Crippen LogP contribution in [0.15, 0.2) is 66.4 Å². The van der Waals surface area contributed by atoms with Gasteiger partial charge in [-0.15, -0.1) is 5.73 Å². The van der Waals surface area contributed by atoms with Gasteiger partial charge >= 0.3 is 0 Å². The van der Waals surface area contributed by atoms with E-state index in [1.54, 1.807) is 0 Å². The van der Waals surface area contributed by atoms with E-state index in [9.17, 15) is 0 Å². The largest absolute Gasteiger partial charge is 0.413 e. The van der Waals surface area contributed by atoms with Crippen molar-refractivity contribution in [2.75, 3.05) is 0 Å². The number of benzene rings is 2. The number of allylic oxidation sites excluding steroid dienone is 1. The summed E-state index contributed by atoms with van der Waals surface area (Å²) in [5, 5.41) is 0.238. The van der Waals surface area contributed by atoms with E-state index >= 15 is 0 Å². The van der Waals surface area contributed by atoms with E-state index in [0.29, 0.717) is 6.61 Å². The minimum Gasteiger partial charge on any atom is -0.413 e. The Bertz CT molecular complexity index is 743. The maximum Gasteiger partial charge on any atom is 0.192 e. The summed E-state index contributed by atoms with van der Waals surface area (Å²) in [6.45, 7) is 14.1. The average molecular weight is 351 g/mol. The lowest BCUT2D eigenvalue weighted by Gasteiger charge is -2.36. The molecule has 0 fully saturated rings. The van der Waals surface area contributed by atoms with Crippen LogP contribution < -0.4 is 0 Å². The van der Waals surface area contributed by atoms with Crippen molar-refractivity contribution in [3.05, 3.63) is 83.1 Å². The summed E-state index contributed by atoms with van der Waals surface area (Å²) >= 11 is 0. The van der Waals surface area contributed by atoms with Gasteiger partial charge in [0.15, 0.2) is 8.32 Å². The molecule has 0 amide bonds. The first-order chi connectivity index (χ1) is 11.7. The molecule has 132 valence electrons. The zero-order chi connectivity index (χ0) is 18.5. The van der Waals surface area contributed by atoms with Gasteiger partial charge in [0, 0.05) is 5.57 Å². The average Bonchev–Trinajstić information content (AvgIpc) is 2.58. The van der Waals surface area contributed by atoms with Crippen LogP contribution in [0.2, 0.25) is 18.1 Å². The lowest BCUT2D eigenvalue weighted by atomic mass is 9.98. The first-order valence-corrected chi connectivity index (χ1v) is 11.9. The highest BCUT2D eigenvalue weighted by Crippen LogP contribution is 2.37. The highest BCUT2D eigenvalue weighted by atomic mass is 28.4. The summed E-state index contributed by atoms with van der Waals surface area (Å²) in [4.78, 5) is 0. The van der Waals surface area contributed by atoms with Crippen molar-refractivity contribution >= 4 is 13.9 Å². The van der Waals surface area contributed by atoms with Crippen molar-refractivity contribution in [1.29, 1.82) is 0 Å². The molecule has 1 nitrogen and oxygen atoms in total. The quantitative estimate of drug-likeness (QED) is 0.425. The summed E-state index contributed by atoms with van der Waals surface area (Å²) in [5.41, 5.74) is 8.09. The summed E-state index contributed by atoms with van der Waals surface area (Å²) in [6.07, 6.45) is 1.97. The monoisotopic (exact) mass is 350 g/mol. The highest BCUT2D eigenvalue weighted by molar-refractivity contribution is 6.74. The van der Waals surface area contributed by atoms with Crippen molar-refractivity contribution < 1.29 is 4.43 Å². The molecule has 0 saturated heterocycles. The van der Waals surface area contributed by atoms with Gasteiger partial charge in [0.05, 0.1) is 6.61 Å². The van der Waals surface area contributed by atoms with E-state index in [4.69, 9.17) is 4.43 Å². The van der Waals surface area contributed by atoms with Crippen LogP contribution >= 0.6 is 0 Å². The molecule has 2 aromatic carbocycles. The van der Waals surface area contributed by atoms with Crippen molar-refractivity contribution in [3.8, 4) is 0 Å². The van der Waals surface area contributed by atoms with Gasteiger partial charge in [0.1, 0.15) is 0 Å². The Labute approximate surface area is 154 Å². The summed E-state index contributed by atoms with van der Waals surface area (Å²) in [6, 6.07) is 19.1. The normalized spacial score (nSPS) is 11.8. The van der Waals surface area contributed by atoms with Crippen LogP contribution in [-0.4, -0.2) is 8.32 Å². The SMILES string of the molecule is CC=C=C(c1ccccc1)c1ccc(CO[Si](C)(C)C(C)(C)C)cc1. The van der Waals surface area contributed by atoms with E-state index < -0.39 is 8.32 Å². The molecule has 0 atom stereocenters. The first kappa shape index (κ1) is 19.5. The van der Waals surface area contributed by atoms with Crippen LogP contribution in [0.3, 0.4) is 0 Å². The van der Waals surface area contributed by atoms with Crippen LogP contribution in [0.4, 0.5) is 0 Å². The topological polar surface area (TPSA) is 9.23 Å². The molecule has 2 rings (SSSR count). The second-order valence-corrected chi connectivity index (χ2v) is 12.7. The van der Waals surface area contributed by atoms with E-state index in [1.165, 1.54) is 16.7 Å². The van der Waals surface area contributed by atoms with Crippen molar-refractivity contribution in [2.24, 2.45) is 0 Å². The predicted octanol–water partition coefficient (Wildman–Crippen LogP) is 6.82. The minimum absolute atomic E-state index is 0.238. The molecule has 0 aliphatic heterocycles. The molecule has 0 unspecified atom stereocenters. The minimum atomic E-state index is -1.71. The van der Waals surface area contributed by atoms with Crippen LogP contribution in [0.1, 0.15) is 44.4 Å². The third-order valence-electron chi connectivity index (χ3n) is 5.00. The molecule has 0 aromatic heterocycles. The molecule has 0 aliphatic carbocycles. The molecular formula is C23H30OSi. The molecule has 0 aliphatic rings. The van der Waals surface area contributed by atoms with E-state index in [-0.39, 0.29) is 5.04 Å². The van der Waals surface area contributed by atoms with E-state index in [1.807, 2.05) is 19.1 Å². The summed E-state index contributed by atoms with van der Waals surface area (Å²) < 4.78 is 6.32. The van der Waals surface area contributed by atoms with Crippen LogP contribution in [0, 0.1) is 0 Å². The Morgan fingerprint density at radius 3 is 2.04 bits per heavy atom. The Hall–Kier alpha value is -1.86. The third kappa shape index (κ3) is 5.06. The molecule has 2 aromatic rings. The van der Waals surface area contributed by atoms with Gasteiger partial charge in [-0.2, -0.15) is 0 Å². The number of hydrogen-bond acceptors (Lipinski definition) is 1. The van der Waals surface area contributed by atoms with Crippen molar-refractivity contribution in [1.82, 2.24) is 0 Å². The molecule has 2 heteroatoms. The van der Waals surface area contributed by atoms with Gasteiger partial charge in [-0.3, -0.25) is 0 Å². The fourth-order valence-electron chi connectivity index (χ4n) is 2.33. The van der Waals surface area contributed by atoms with E-state index in [2.05, 4.69) is 88.1 Å². The molecular weight excluding hydrogens is 320 g/mol. The van der Waals surface area contributed by atoms with Gasteiger partial charge in [-0.25, -0.2) is 0 Å². The summed E-state index contributed by atoms with van der Waals surface area (Å²) in [5.74, 6) is 0. The zero-order valence-corrected chi connectivity index (χ0v) is 17.4. The van der Waals surface area contributed by atoms with Crippen molar-refractivity contribution in [3.63, 3.8) is 0 Å². The molecule has 25 heavy (non-hydrogen) atoms. The first-order valence-electron chi connectivity index (χ1n) is 8.94. The molecule has 0 heterocycles. The Balaban J connectivity index is 2.18. The van der Waals surface area contributed by atoms with Crippen molar-refractivity contribution in [2.45, 2.75) is 52.4 Å². The second-order valence-electron chi connectivity index (χ2n) is 7.92. The fourth-order valence-corrected chi connectivity index (χ4v) is 3.29. The van der Waals surface area contributed by atoms with Gasteiger partial charge in [0.2, 0.25) is 0 Å². The third-order valence-corrected chi connectivity index (χ3v) is 9.48. The van der Waals surface area contributed by atoms with Crippen LogP contribution in [-0.2, 0) is 11.0 Å². The highest BCUT2D eigenvalue weighted by Gasteiger charge is 2.36. The molecule has 0 bridgehead atoms. The summed E-state index contributed by atoms with van der Waals surface area (Å²) in [7, 11) is -1.71. The zero-order valence-electron chi connectivity index (χ0n) is 16.4. The maximum absolute atomic E-state index is 6.32. The van der Waals surface area contributed by atoms with Crippen LogP contribution in [0.5, 0.6) is 0 Å². The van der Waals surface area contributed by atoms with E-state index in [0.717, 1.165) is 5.57 Å².